The molecule has 0 unspecified atom stereocenters. The van der Waals surface area contributed by atoms with E-state index in [1.807, 2.05) is 12.4 Å². The van der Waals surface area contributed by atoms with E-state index >= 15 is 0 Å². The van der Waals surface area contributed by atoms with E-state index in [1.54, 1.807) is 0 Å². The second-order valence-corrected chi connectivity index (χ2v) is 4.87. The van der Waals surface area contributed by atoms with E-state index in [0.717, 1.165) is 0 Å². The number of nitrogens with one attached hydrogen (secondary N) is 1. The number of hydrogen-bond donors (Lipinski definition) is 1. The van der Waals surface area contributed by atoms with Gasteiger partial charge in [-0.25, -0.2) is 0 Å². The van der Waals surface area contributed by atoms with Crippen molar-refractivity contribution in [1.82, 2.24) is 9.88 Å². The summed E-state index contributed by atoms with van der Waals surface area (Å²) in [6.07, 6.45) is 6.34. The molecule has 0 spiro atoms. The summed E-state index contributed by atoms with van der Waals surface area (Å²) >= 11 is 0. The Morgan fingerprint density at radius 3 is 2.31 bits per heavy atom. The van der Waals surface area contributed by atoms with Crippen molar-refractivity contribution >= 4 is 5.69 Å². The normalized spacial score (nSPS) is 18.7. The van der Waals surface area contributed by atoms with Gasteiger partial charge in [-0.15, -0.1) is 0 Å². The van der Waals surface area contributed by atoms with E-state index in [0.29, 0.717) is 6.04 Å². The standard InChI is InChI=1S/C13H21N3/c1-10-8-14-9-11(2)13(10)15-12-4-6-16(3)7-5-12/h8-9,12H,4-7H2,1-3H3,(H,14,15). The number of piperidine rings is 1. The number of aryl methyl sites for hydroxylation is 2. The molecule has 0 bridgehead atoms. The first kappa shape index (κ1) is 11.4. The topological polar surface area (TPSA) is 28.2 Å². The van der Waals surface area contributed by atoms with E-state index in [4.69, 9.17) is 0 Å². The van der Waals surface area contributed by atoms with Crippen molar-refractivity contribution in [2.45, 2.75) is 32.7 Å². The minimum absolute atomic E-state index is 0.621. The summed E-state index contributed by atoms with van der Waals surface area (Å²) in [5.41, 5.74) is 3.78. The van der Waals surface area contributed by atoms with Crippen molar-refractivity contribution in [3.63, 3.8) is 0 Å². The van der Waals surface area contributed by atoms with Crippen molar-refractivity contribution in [1.29, 1.82) is 0 Å². The maximum atomic E-state index is 4.20. The van der Waals surface area contributed by atoms with Gasteiger partial charge in [0.2, 0.25) is 0 Å². The second-order valence-electron chi connectivity index (χ2n) is 4.87. The number of anilines is 1. The zero-order chi connectivity index (χ0) is 11.5. The van der Waals surface area contributed by atoms with Crippen LogP contribution in [0.5, 0.6) is 0 Å². The summed E-state index contributed by atoms with van der Waals surface area (Å²) in [7, 11) is 2.19. The quantitative estimate of drug-likeness (QED) is 0.826. The van der Waals surface area contributed by atoms with Gasteiger partial charge in [0.1, 0.15) is 0 Å². The Hall–Kier alpha value is -1.09. The van der Waals surface area contributed by atoms with Crippen LogP contribution in [0.2, 0.25) is 0 Å². The Morgan fingerprint density at radius 1 is 1.19 bits per heavy atom. The lowest BCUT2D eigenvalue weighted by atomic mass is 10.0. The highest BCUT2D eigenvalue weighted by atomic mass is 15.1. The molecule has 0 aliphatic carbocycles. The molecule has 2 rings (SSSR count). The van der Waals surface area contributed by atoms with Gasteiger partial charge >= 0.3 is 0 Å². The number of hydrogen-bond acceptors (Lipinski definition) is 3. The third kappa shape index (κ3) is 2.53. The first-order valence-corrected chi connectivity index (χ1v) is 6.03. The molecule has 0 saturated carbocycles. The molecule has 0 radical (unpaired) electrons. The lowest BCUT2D eigenvalue weighted by Crippen LogP contribution is -2.37. The summed E-state index contributed by atoms with van der Waals surface area (Å²) in [4.78, 5) is 6.59. The highest BCUT2D eigenvalue weighted by Crippen LogP contribution is 2.22. The van der Waals surface area contributed by atoms with Crippen LogP contribution in [0.3, 0.4) is 0 Å². The summed E-state index contributed by atoms with van der Waals surface area (Å²) in [5.74, 6) is 0. The molecule has 1 aliphatic heterocycles. The first-order valence-electron chi connectivity index (χ1n) is 6.03. The Labute approximate surface area is 97.9 Å². The van der Waals surface area contributed by atoms with Crippen LogP contribution in [0.25, 0.3) is 0 Å². The molecule has 1 aromatic heterocycles. The predicted molar refractivity (Wildman–Crippen MR) is 67.9 cm³/mol. The molecule has 3 heteroatoms. The van der Waals surface area contributed by atoms with Gasteiger partial charge in [0.15, 0.2) is 0 Å². The third-order valence-corrected chi connectivity index (χ3v) is 3.39. The van der Waals surface area contributed by atoms with Crippen molar-refractivity contribution in [2.24, 2.45) is 0 Å². The van der Waals surface area contributed by atoms with Crippen molar-refractivity contribution in [3.05, 3.63) is 23.5 Å². The van der Waals surface area contributed by atoms with E-state index < -0.39 is 0 Å². The minimum atomic E-state index is 0.621. The van der Waals surface area contributed by atoms with Crippen LogP contribution >= 0.6 is 0 Å². The number of likely N-dealkylation sites (tertiary alicyclic amines) is 1. The lowest BCUT2D eigenvalue weighted by molar-refractivity contribution is 0.264. The Balaban J connectivity index is 2.04. The molecule has 1 N–H and O–H groups in total. The highest BCUT2D eigenvalue weighted by molar-refractivity contribution is 5.55. The smallest absolute Gasteiger partial charge is 0.0432 e. The predicted octanol–water partition coefficient (Wildman–Crippen LogP) is 2.20. The summed E-state index contributed by atoms with van der Waals surface area (Å²) in [6, 6.07) is 0.621. The molecule has 1 fully saturated rings. The Morgan fingerprint density at radius 2 is 1.75 bits per heavy atom. The molecule has 0 atom stereocenters. The Kier molecular flexibility index (Phi) is 3.44. The lowest BCUT2D eigenvalue weighted by Gasteiger charge is -2.31. The van der Waals surface area contributed by atoms with Crippen molar-refractivity contribution in [2.75, 3.05) is 25.5 Å². The molecular weight excluding hydrogens is 198 g/mol. The van der Waals surface area contributed by atoms with E-state index in [9.17, 15) is 0 Å². The fraction of sp³-hybridized carbons (Fsp3) is 0.615. The van der Waals surface area contributed by atoms with Crippen LogP contribution < -0.4 is 5.32 Å². The number of aromatic nitrogens is 1. The number of pyridine rings is 1. The second kappa shape index (κ2) is 4.83. The number of rotatable bonds is 2. The van der Waals surface area contributed by atoms with Gasteiger partial charge in [0.25, 0.3) is 0 Å². The van der Waals surface area contributed by atoms with Gasteiger partial charge in [-0.05, 0) is 58.0 Å². The molecule has 0 aromatic carbocycles. The van der Waals surface area contributed by atoms with Crippen molar-refractivity contribution in [3.8, 4) is 0 Å². The Bertz CT molecular complexity index is 334. The monoisotopic (exact) mass is 219 g/mol. The van der Waals surface area contributed by atoms with Crippen LogP contribution in [-0.4, -0.2) is 36.1 Å². The van der Waals surface area contributed by atoms with Gasteiger partial charge in [-0.2, -0.15) is 0 Å². The molecule has 1 aromatic rings. The molecule has 88 valence electrons. The fourth-order valence-corrected chi connectivity index (χ4v) is 2.29. The zero-order valence-corrected chi connectivity index (χ0v) is 10.5. The molecule has 0 amide bonds. The van der Waals surface area contributed by atoms with Gasteiger partial charge in [0.05, 0.1) is 0 Å². The first-order chi connectivity index (χ1) is 7.66. The molecule has 1 aliphatic rings. The third-order valence-electron chi connectivity index (χ3n) is 3.39. The van der Waals surface area contributed by atoms with Crippen LogP contribution in [0, 0.1) is 13.8 Å². The van der Waals surface area contributed by atoms with Crippen LogP contribution in [0.4, 0.5) is 5.69 Å². The SMILES string of the molecule is Cc1cncc(C)c1NC1CCN(C)CC1. The zero-order valence-electron chi connectivity index (χ0n) is 10.5. The largest absolute Gasteiger partial charge is 0.382 e. The van der Waals surface area contributed by atoms with Crippen LogP contribution in [0.1, 0.15) is 24.0 Å². The van der Waals surface area contributed by atoms with Crippen molar-refractivity contribution < 1.29 is 0 Å². The van der Waals surface area contributed by atoms with Gasteiger partial charge < -0.3 is 10.2 Å². The van der Waals surface area contributed by atoms with E-state index in [1.165, 1.54) is 42.7 Å². The van der Waals surface area contributed by atoms with Crippen LogP contribution in [-0.2, 0) is 0 Å². The molecular formula is C13H21N3. The number of nitrogens with zero attached hydrogens (tertiary/aromatic N) is 2. The highest BCUT2D eigenvalue weighted by Gasteiger charge is 2.17. The molecule has 1 saturated heterocycles. The van der Waals surface area contributed by atoms with Gasteiger partial charge in [-0.3, -0.25) is 4.98 Å². The average molecular weight is 219 g/mol. The maximum Gasteiger partial charge on any atom is 0.0432 e. The van der Waals surface area contributed by atoms with E-state index in [-0.39, 0.29) is 0 Å². The van der Waals surface area contributed by atoms with Gasteiger partial charge in [0, 0.05) is 24.1 Å². The fourth-order valence-electron chi connectivity index (χ4n) is 2.29. The van der Waals surface area contributed by atoms with E-state index in [2.05, 4.69) is 36.1 Å². The minimum Gasteiger partial charge on any atom is -0.382 e. The summed E-state index contributed by atoms with van der Waals surface area (Å²) in [6.45, 7) is 6.64. The molecule has 2 heterocycles. The average Bonchev–Trinajstić information content (AvgIpc) is 2.26. The summed E-state index contributed by atoms with van der Waals surface area (Å²) in [5, 5.41) is 3.67. The van der Waals surface area contributed by atoms with Gasteiger partial charge in [-0.1, -0.05) is 0 Å². The van der Waals surface area contributed by atoms with Crippen LogP contribution in [0.15, 0.2) is 12.4 Å². The molecule has 16 heavy (non-hydrogen) atoms. The maximum absolute atomic E-state index is 4.20. The molecule has 3 nitrogen and oxygen atoms in total. The summed E-state index contributed by atoms with van der Waals surface area (Å²) < 4.78 is 0.